The molecule has 0 spiro atoms. The van der Waals surface area contributed by atoms with Gasteiger partial charge in [-0.15, -0.1) is 0 Å². The maximum absolute atomic E-state index is 12.7. The normalized spacial score (nSPS) is 12.1. The van der Waals surface area contributed by atoms with E-state index < -0.39 is 0 Å². The third kappa shape index (κ3) is 5.31. The Hall–Kier alpha value is -1.62. The SMILES string of the molecule is CN(CCCC(N)=NO)Cc1ccc(F)cc1. The molecule has 0 atom stereocenters. The Bertz CT molecular complexity index is 365. The minimum atomic E-state index is -0.219. The topological polar surface area (TPSA) is 61.8 Å². The zero-order chi connectivity index (χ0) is 12.7. The van der Waals surface area contributed by atoms with Gasteiger partial charge in [-0.05, 0) is 37.7 Å². The molecule has 0 saturated heterocycles. The lowest BCUT2D eigenvalue weighted by Gasteiger charge is -2.16. The van der Waals surface area contributed by atoms with Crippen LogP contribution in [0.25, 0.3) is 0 Å². The number of nitrogens with zero attached hydrogens (tertiary/aromatic N) is 2. The van der Waals surface area contributed by atoms with Gasteiger partial charge in [0.1, 0.15) is 11.7 Å². The largest absolute Gasteiger partial charge is 0.409 e. The average molecular weight is 239 g/mol. The molecule has 1 aromatic rings. The minimum Gasteiger partial charge on any atom is -0.409 e. The monoisotopic (exact) mass is 239 g/mol. The maximum atomic E-state index is 12.7. The number of amidine groups is 1. The van der Waals surface area contributed by atoms with E-state index in [1.807, 2.05) is 7.05 Å². The summed E-state index contributed by atoms with van der Waals surface area (Å²) in [5, 5.41) is 11.3. The number of hydrogen-bond acceptors (Lipinski definition) is 3. The molecule has 0 fully saturated rings. The van der Waals surface area contributed by atoms with Crippen LogP contribution in [-0.2, 0) is 6.54 Å². The molecule has 0 radical (unpaired) electrons. The fourth-order valence-electron chi connectivity index (χ4n) is 1.56. The highest BCUT2D eigenvalue weighted by atomic mass is 19.1. The van der Waals surface area contributed by atoms with Crippen molar-refractivity contribution in [3.63, 3.8) is 0 Å². The van der Waals surface area contributed by atoms with Gasteiger partial charge in [-0.1, -0.05) is 17.3 Å². The molecular weight excluding hydrogens is 221 g/mol. The predicted molar refractivity (Wildman–Crippen MR) is 65.4 cm³/mol. The van der Waals surface area contributed by atoms with Crippen LogP contribution in [0, 0.1) is 5.82 Å². The van der Waals surface area contributed by atoms with E-state index in [4.69, 9.17) is 10.9 Å². The van der Waals surface area contributed by atoms with E-state index in [2.05, 4.69) is 10.1 Å². The lowest BCUT2D eigenvalue weighted by atomic mass is 10.2. The van der Waals surface area contributed by atoms with Crippen LogP contribution >= 0.6 is 0 Å². The molecule has 0 heterocycles. The summed E-state index contributed by atoms with van der Waals surface area (Å²) >= 11 is 0. The maximum Gasteiger partial charge on any atom is 0.139 e. The van der Waals surface area contributed by atoms with Crippen molar-refractivity contribution in [1.29, 1.82) is 0 Å². The van der Waals surface area contributed by atoms with Gasteiger partial charge >= 0.3 is 0 Å². The standard InChI is InChI=1S/C12H18FN3O/c1-16(8-2-3-12(14)15-17)9-10-4-6-11(13)7-5-10/h4-7,17H,2-3,8-9H2,1H3,(H2,14,15). The van der Waals surface area contributed by atoms with Gasteiger partial charge in [0, 0.05) is 13.0 Å². The molecule has 1 aromatic carbocycles. The Morgan fingerprint density at radius 1 is 1.41 bits per heavy atom. The van der Waals surface area contributed by atoms with Crippen molar-refractivity contribution in [2.45, 2.75) is 19.4 Å². The summed E-state index contributed by atoms with van der Waals surface area (Å²) in [5.41, 5.74) is 6.44. The molecule has 0 aliphatic heterocycles. The first-order valence-corrected chi connectivity index (χ1v) is 5.51. The van der Waals surface area contributed by atoms with Crippen molar-refractivity contribution in [2.75, 3.05) is 13.6 Å². The molecule has 17 heavy (non-hydrogen) atoms. The average Bonchev–Trinajstić information content (AvgIpc) is 2.32. The highest BCUT2D eigenvalue weighted by Gasteiger charge is 2.01. The predicted octanol–water partition coefficient (Wildman–Crippen LogP) is 1.78. The first kappa shape index (κ1) is 13.4. The van der Waals surface area contributed by atoms with Crippen LogP contribution in [0.1, 0.15) is 18.4 Å². The summed E-state index contributed by atoms with van der Waals surface area (Å²) in [5.74, 6) is 0.0310. The summed E-state index contributed by atoms with van der Waals surface area (Å²) in [7, 11) is 1.98. The van der Waals surface area contributed by atoms with E-state index >= 15 is 0 Å². The van der Waals surface area contributed by atoms with Crippen LogP contribution in [0.2, 0.25) is 0 Å². The van der Waals surface area contributed by atoms with Crippen LogP contribution in [-0.4, -0.2) is 29.5 Å². The Kier molecular flexibility index (Phi) is 5.42. The van der Waals surface area contributed by atoms with Crippen LogP contribution in [0.4, 0.5) is 4.39 Å². The summed E-state index contributed by atoms with van der Waals surface area (Å²) in [6, 6.07) is 6.46. The molecule has 0 unspecified atom stereocenters. The molecule has 0 aliphatic rings. The van der Waals surface area contributed by atoms with E-state index in [-0.39, 0.29) is 11.7 Å². The molecular formula is C12H18FN3O. The smallest absolute Gasteiger partial charge is 0.139 e. The second-order valence-corrected chi connectivity index (χ2v) is 4.06. The molecule has 0 bridgehead atoms. The Labute approximate surface area is 101 Å². The second kappa shape index (κ2) is 6.85. The Balaban J connectivity index is 2.29. The van der Waals surface area contributed by atoms with Crippen molar-refractivity contribution in [3.05, 3.63) is 35.6 Å². The highest BCUT2D eigenvalue weighted by Crippen LogP contribution is 2.06. The van der Waals surface area contributed by atoms with Crippen molar-refractivity contribution in [2.24, 2.45) is 10.9 Å². The molecule has 0 aromatic heterocycles. The van der Waals surface area contributed by atoms with Crippen molar-refractivity contribution >= 4 is 5.84 Å². The number of oxime groups is 1. The van der Waals surface area contributed by atoms with E-state index in [0.29, 0.717) is 6.42 Å². The number of hydrogen-bond donors (Lipinski definition) is 2. The molecule has 94 valence electrons. The number of halogens is 1. The van der Waals surface area contributed by atoms with Gasteiger partial charge in [0.2, 0.25) is 0 Å². The van der Waals surface area contributed by atoms with E-state index in [1.165, 1.54) is 12.1 Å². The zero-order valence-electron chi connectivity index (χ0n) is 9.93. The van der Waals surface area contributed by atoms with E-state index in [1.54, 1.807) is 12.1 Å². The molecule has 3 N–H and O–H groups in total. The van der Waals surface area contributed by atoms with E-state index in [9.17, 15) is 4.39 Å². The van der Waals surface area contributed by atoms with Gasteiger partial charge in [0.25, 0.3) is 0 Å². The minimum absolute atomic E-state index is 0.219. The number of rotatable bonds is 6. The second-order valence-electron chi connectivity index (χ2n) is 4.06. The van der Waals surface area contributed by atoms with Gasteiger partial charge < -0.3 is 15.8 Å². The summed E-state index contributed by atoms with van der Waals surface area (Å²) < 4.78 is 12.7. The van der Waals surface area contributed by atoms with Gasteiger partial charge in [-0.2, -0.15) is 0 Å². The molecule has 4 nitrogen and oxygen atoms in total. The highest BCUT2D eigenvalue weighted by molar-refractivity contribution is 5.79. The van der Waals surface area contributed by atoms with Crippen LogP contribution in [0.3, 0.4) is 0 Å². The fraction of sp³-hybridized carbons (Fsp3) is 0.417. The van der Waals surface area contributed by atoms with Crippen molar-refractivity contribution in [1.82, 2.24) is 4.90 Å². The van der Waals surface area contributed by atoms with Gasteiger partial charge in [0.05, 0.1) is 0 Å². The number of nitrogens with two attached hydrogens (primary N) is 1. The van der Waals surface area contributed by atoms with E-state index in [0.717, 1.165) is 25.1 Å². The Morgan fingerprint density at radius 2 is 2.06 bits per heavy atom. The van der Waals surface area contributed by atoms with Crippen molar-refractivity contribution < 1.29 is 9.60 Å². The molecule has 0 amide bonds. The summed E-state index contributed by atoms with van der Waals surface area (Å²) in [6.07, 6.45) is 1.40. The molecule has 0 saturated carbocycles. The first-order chi connectivity index (χ1) is 8.11. The first-order valence-electron chi connectivity index (χ1n) is 5.51. The molecule has 1 rings (SSSR count). The zero-order valence-corrected chi connectivity index (χ0v) is 9.93. The fourth-order valence-corrected chi connectivity index (χ4v) is 1.56. The van der Waals surface area contributed by atoms with Gasteiger partial charge in [-0.3, -0.25) is 0 Å². The number of benzene rings is 1. The summed E-state index contributed by atoms with van der Waals surface area (Å²) in [4.78, 5) is 2.11. The lowest BCUT2D eigenvalue weighted by Crippen LogP contribution is -2.21. The van der Waals surface area contributed by atoms with Crippen LogP contribution < -0.4 is 5.73 Å². The van der Waals surface area contributed by atoms with Crippen LogP contribution in [0.5, 0.6) is 0 Å². The summed E-state index contributed by atoms with van der Waals surface area (Å²) in [6.45, 7) is 1.60. The third-order valence-corrected chi connectivity index (χ3v) is 2.47. The lowest BCUT2D eigenvalue weighted by molar-refractivity contribution is 0.311. The van der Waals surface area contributed by atoms with Crippen LogP contribution in [0.15, 0.2) is 29.4 Å². The third-order valence-electron chi connectivity index (χ3n) is 2.47. The Morgan fingerprint density at radius 3 is 2.65 bits per heavy atom. The molecule has 5 heteroatoms. The molecule has 0 aliphatic carbocycles. The van der Waals surface area contributed by atoms with Crippen molar-refractivity contribution in [3.8, 4) is 0 Å². The quantitative estimate of drug-likeness (QED) is 0.344. The van der Waals surface area contributed by atoms with Gasteiger partial charge in [0.15, 0.2) is 0 Å². The van der Waals surface area contributed by atoms with Gasteiger partial charge in [-0.25, -0.2) is 4.39 Å².